The number of ether oxygens (including phenoxy) is 1. The highest BCUT2D eigenvalue weighted by Crippen LogP contribution is 2.30. The molecule has 12 heteroatoms. The molecule has 234 valence electrons. The van der Waals surface area contributed by atoms with E-state index in [9.17, 15) is 13.8 Å². The van der Waals surface area contributed by atoms with Crippen LogP contribution in [0.15, 0.2) is 77.8 Å². The fraction of sp³-hybridized carbons (Fsp3) is 0.235. The summed E-state index contributed by atoms with van der Waals surface area (Å²) in [4.78, 5) is 37.7. The first-order valence-corrected chi connectivity index (χ1v) is 16.1. The Morgan fingerprint density at radius 3 is 2.46 bits per heavy atom. The Morgan fingerprint density at radius 2 is 1.72 bits per heavy atom. The molecule has 0 bridgehead atoms. The molecule has 0 saturated carbocycles. The van der Waals surface area contributed by atoms with Crippen molar-refractivity contribution in [2.75, 3.05) is 18.8 Å². The van der Waals surface area contributed by atoms with Crippen LogP contribution in [0.1, 0.15) is 51.6 Å². The van der Waals surface area contributed by atoms with Crippen LogP contribution in [-0.2, 0) is 15.7 Å². The lowest BCUT2D eigenvalue weighted by molar-refractivity contribution is -0.0586. The van der Waals surface area contributed by atoms with E-state index in [0.717, 1.165) is 22.4 Å². The summed E-state index contributed by atoms with van der Waals surface area (Å²) in [6.45, 7) is 8.69. The molecule has 1 amide bonds. The number of imidazole rings is 1. The number of carbonyl (C=O) groups excluding carboxylic acids is 2. The van der Waals surface area contributed by atoms with Gasteiger partial charge in [-0.2, -0.15) is 5.10 Å². The highest BCUT2D eigenvalue weighted by atomic mass is 32.2. The van der Waals surface area contributed by atoms with Crippen LogP contribution < -0.4 is 5.73 Å². The second kappa shape index (κ2) is 11.4. The SMILES string of the molecule is Cc1ccc(S(=O)n2c(C(=O)c3cnn(-c4ccc5nc(C)[nH]c5c4)c3N)cc3cc(C(=O)N4CC(C)OC(C)C4)ccc32)cc1. The average molecular weight is 636 g/mol. The number of ketones is 1. The molecule has 3 unspecified atom stereocenters. The number of amides is 1. The van der Waals surface area contributed by atoms with Gasteiger partial charge in [0.15, 0.2) is 11.0 Å². The third-order valence-electron chi connectivity index (χ3n) is 8.21. The number of hydrogen-bond donors (Lipinski definition) is 2. The Hall–Kier alpha value is -5.07. The van der Waals surface area contributed by atoms with E-state index in [0.29, 0.717) is 40.1 Å². The minimum absolute atomic E-state index is 0.0736. The first-order valence-electron chi connectivity index (χ1n) is 15.0. The van der Waals surface area contributed by atoms with E-state index in [1.165, 1.54) is 14.9 Å². The number of rotatable bonds is 6. The molecule has 3 atom stereocenters. The third kappa shape index (κ3) is 5.19. The van der Waals surface area contributed by atoms with E-state index in [2.05, 4.69) is 15.1 Å². The van der Waals surface area contributed by atoms with Gasteiger partial charge in [-0.3, -0.25) is 13.6 Å². The summed E-state index contributed by atoms with van der Waals surface area (Å²) < 4.78 is 22.9. The van der Waals surface area contributed by atoms with Crippen LogP contribution in [0.3, 0.4) is 0 Å². The second-order valence-electron chi connectivity index (χ2n) is 11.8. The highest BCUT2D eigenvalue weighted by Gasteiger charge is 2.29. The Morgan fingerprint density at radius 1 is 0.978 bits per heavy atom. The van der Waals surface area contributed by atoms with Crippen molar-refractivity contribution in [1.82, 2.24) is 28.6 Å². The number of aryl methyl sites for hydroxylation is 2. The van der Waals surface area contributed by atoms with E-state index in [-0.39, 0.29) is 35.2 Å². The van der Waals surface area contributed by atoms with Crippen LogP contribution in [-0.4, -0.2) is 69.8 Å². The van der Waals surface area contributed by atoms with Crippen LogP contribution in [0, 0.1) is 13.8 Å². The Kier molecular flexibility index (Phi) is 7.33. The van der Waals surface area contributed by atoms with Crippen molar-refractivity contribution in [1.29, 1.82) is 0 Å². The van der Waals surface area contributed by atoms with E-state index >= 15 is 0 Å². The van der Waals surface area contributed by atoms with Gasteiger partial charge in [0.25, 0.3) is 5.91 Å². The summed E-state index contributed by atoms with van der Waals surface area (Å²) in [5, 5.41) is 5.04. The minimum Gasteiger partial charge on any atom is -0.383 e. The molecule has 1 fully saturated rings. The summed E-state index contributed by atoms with van der Waals surface area (Å²) in [7, 11) is -1.78. The molecule has 3 aromatic carbocycles. The number of nitrogens with zero attached hydrogens (tertiary/aromatic N) is 5. The molecule has 3 N–H and O–H groups in total. The maximum atomic E-state index is 14.3. The summed E-state index contributed by atoms with van der Waals surface area (Å²) >= 11 is 0. The molecule has 4 heterocycles. The van der Waals surface area contributed by atoms with Crippen molar-refractivity contribution in [3.63, 3.8) is 0 Å². The van der Waals surface area contributed by atoms with Gasteiger partial charge >= 0.3 is 0 Å². The van der Waals surface area contributed by atoms with Crippen molar-refractivity contribution >= 4 is 50.4 Å². The summed E-state index contributed by atoms with van der Waals surface area (Å²) in [6.07, 6.45) is 1.28. The van der Waals surface area contributed by atoms with Gasteiger partial charge in [0.2, 0.25) is 5.78 Å². The maximum Gasteiger partial charge on any atom is 0.254 e. The van der Waals surface area contributed by atoms with E-state index in [1.54, 1.807) is 41.3 Å². The van der Waals surface area contributed by atoms with Crippen molar-refractivity contribution in [2.24, 2.45) is 0 Å². The molecular formula is C34H33N7O4S. The zero-order chi connectivity index (χ0) is 32.3. The number of aromatic nitrogens is 5. The first-order chi connectivity index (χ1) is 22.1. The quantitative estimate of drug-likeness (QED) is 0.247. The molecule has 6 aromatic rings. The number of carbonyl (C=O) groups is 2. The molecule has 0 aliphatic carbocycles. The van der Waals surface area contributed by atoms with Crippen LogP contribution in [0.25, 0.3) is 27.6 Å². The van der Waals surface area contributed by atoms with E-state index < -0.39 is 16.8 Å². The maximum absolute atomic E-state index is 14.3. The van der Waals surface area contributed by atoms with Gasteiger partial charge in [0, 0.05) is 24.0 Å². The zero-order valence-electron chi connectivity index (χ0n) is 25.9. The van der Waals surface area contributed by atoms with Gasteiger partial charge in [0.05, 0.1) is 51.1 Å². The number of nitrogens with one attached hydrogen (secondary N) is 1. The van der Waals surface area contributed by atoms with Crippen LogP contribution in [0.5, 0.6) is 0 Å². The van der Waals surface area contributed by atoms with E-state index in [4.69, 9.17) is 10.5 Å². The molecule has 11 nitrogen and oxygen atoms in total. The molecule has 46 heavy (non-hydrogen) atoms. The van der Waals surface area contributed by atoms with Gasteiger partial charge in [-0.15, -0.1) is 0 Å². The highest BCUT2D eigenvalue weighted by molar-refractivity contribution is 7.83. The van der Waals surface area contributed by atoms with Crippen LogP contribution in [0.2, 0.25) is 0 Å². The molecule has 0 radical (unpaired) electrons. The number of H-pyrrole nitrogens is 1. The Bertz CT molecular complexity index is 2170. The monoisotopic (exact) mass is 635 g/mol. The van der Waals surface area contributed by atoms with Gasteiger partial charge in [-0.25, -0.2) is 13.9 Å². The number of benzene rings is 3. The predicted octanol–water partition coefficient (Wildman–Crippen LogP) is 4.95. The Balaban J connectivity index is 1.31. The number of morpholine rings is 1. The third-order valence-corrected chi connectivity index (χ3v) is 9.61. The average Bonchev–Trinajstić information content (AvgIpc) is 3.72. The van der Waals surface area contributed by atoms with Gasteiger partial charge < -0.3 is 20.4 Å². The normalized spacial score (nSPS) is 17.5. The summed E-state index contributed by atoms with van der Waals surface area (Å²) in [5.41, 5.74) is 11.2. The van der Waals surface area contributed by atoms with Crippen molar-refractivity contribution < 1.29 is 18.5 Å². The van der Waals surface area contributed by atoms with Crippen molar-refractivity contribution in [2.45, 2.75) is 44.8 Å². The fourth-order valence-corrected chi connectivity index (χ4v) is 7.32. The van der Waals surface area contributed by atoms with Gasteiger partial charge in [0.1, 0.15) is 17.3 Å². The number of fused-ring (bicyclic) bond motifs is 2. The molecule has 7 rings (SSSR count). The molecular weight excluding hydrogens is 602 g/mol. The number of hydrogen-bond acceptors (Lipinski definition) is 7. The number of aromatic amines is 1. The second-order valence-corrected chi connectivity index (χ2v) is 13.2. The van der Waals surface area contributed by atoms with Crippen molar-refractivity contribution in [3.05, 3.63) is 101 Å². The standard InChI is InChI=1S/C34H33N7O4S/c1-19-5-9-26(10-6-19)46(44)41-30-12-7-23(34(43)39-17-20(2)45-21(3)18-39)13-24(30)14-31(41)32(42)27-16-36-40(33(27)35)25-8-11-28-29(15-25)38-22(4)37-28/h5-16,20-21H,17-18,35H2,1-4H3,(H,37,38). The number of nitrogen functional groups attached to an aromatic ring is 1. The smallest absolute Gasteiger partial charge is 0.254 e. The lowest BCUT2D eigenvalue weighted by Gasteiger charge is -2.35. The molecule has 3 aromatic heterocycles. The lowest BCUT2D eigenvalue weighted by Crippen LogP contribution is -2.48. The summed E-state index contributed by atoms with van der Waals surface area (Å²) in [6, 6.07) is 19.7. The zero-order valence-corrected chi connectivity index (χ0v) is 26.7. The Labute approximate surface area is 267 Å². The van der Waals surface area contributed by atoms with Crippen LogP contribution >= 0.6 is 0 Å². The van der Waals surface area contributed by atoms with Crippen LogP contribution in [0.4, 0.5) is 5.82 Å². The predicted molar refractivity (Wildman–Crippen MR) is 177 cm³/mol. The fourth-order valence-electron chi connectivity index (χ4n) is 6.08. The van der Waals surface area contributed by atoms with Gasteiger partial charge in [-0.1, -0.05) is 17.7 Å². The van der Waals surface area contributed by atoms with Gasteiger partial charge in [-0.05, 0) is 82.3 Å². The molecule has 1 aliphatic heterocycles. The topological polar surface area (TPSA) is 141 Å². The first kappa shape index (κ1) is 29.6. The minimum atomic E-state index is -1.78. The number of nitrogens with two attached hydrogens (primary N) is 1. The van der Waals surface area contributed by atoms with Crippen molar-refractivity contribution in [3.8, 4) is 5.69 Å². The number of anilines is 1. The molecule has 0 spiro atoms. The molecule has 1 aliphatic rings. The molecule has 1 saturated heterocycles. The summed E-state index contributed by atoms with van der Waals surface area (Å²) in [5.74, 6) is 0.358. The largest absolute Gasteiger partial charge is 0.383 e. The lowest BCUT2D eigenvalue weighted by atomic mass is 10.1. The van der Waals surface area contributed by atoms with E-state index in [1.807, 2.05) is 58.0 Å².